The highest BCUT2D eigenvalue weighted by Gasteiger charge is 2.33. The van der Waals surface area contributed by atoms with Gasteiger partial charge in [-0.2, -0.15) is 0 Å². The van der Waals surface area contributed by atoms with Crippen LogP contribution in [0.3, 0.4) is 0 Å². The van der Waals surface area contributed by atoms with Crippen molar-refractivity contribution in [1.29, 1.82) is 0 Å². The number of para-hydroxylation sites is 1. The molecule has 2 rings (SSSR count). The van der Waals surface area contributed by atoms with Crippen molar-refractivity contribution in [2.45, 2.75) is 31.6 Å². The highest BCUT2D eigenvalue weighted by atomic mass is 16.5. The Morgan fingerprint density at radius 3 is 2.71 bits per heavy atom. The van der Waals surface area contributed by atoms with E-state index in [1.807, 2.05) is 18.2 Å². The molecule has 0 heterocycles. The molecule has 0 radical (unpaired) electrons. The van der Waals surface area contributed by atoms with E-state index in [2.05, 4.69) is 19.1 Å². The van der Waals surface area contributed by atoms with E-state index in [4.69, 9.17) is 4.74 Å². The van der Waals surface area contributed by atoms with E-state index in [-0.39, 0.29) is 11.2 Å². The summed E-state index contributed by atoms with van der Waals surface area (Å²) in [7, 11) is 1.69. The number of ether oxygens (including phenoxy) is 1. The molecule has 0 unspecified atom stereocenters. The van der Waals surface area contributed by atoms with Crippen LogP contribution in [0.5, 0.6) is 5.75 Å². The molecule has 90 valence electrons. The fourth-order valence-electron chi connectivity index (χ4n) is 2.53. The van der Waals surface area contributed by atoms with Crippen LogP contribution in [0.4, 0.5) is 0 Å². The second-order valence-electron chi connectivity index (χ2n) is 4.51. The van der Waals surface area contributed by atoms with Gasteiger partial charge in [-0.3, -0.25) is 4.79 Å². The molecule has 0 saturated carbocycles. The number of allylic oxidation sites excluding steroid dienone is 2. The van der Waals surface area contributed by atoms with Crippen molar-refractivity contribution in [3.63, 3.8) is 0 Å². The van der Waals surface area contributed by atoms with Gasteiger partial charge < -0.3 is 4.74 Å². The molecule has 0 spiro atoms. The zero-order valence-electron chi connectivity index (χ0n) is 10.4. The summed E-state index contributed by atoms with van der Waals surface area (Å²) in [6.07, 6.45) is 6.26. The van der Waals surface area contributed by atoms with Crippen LogP contribution in [0.1, 0.15) is 31.7 Å². The van der Waals surface area contributed by atoms with Crippen LogP contribution >= 0.6 is 0 Å². The molecule has 0 saturated heterocycles. The van der Waals surface area contributed by atoms with E-state index in [1.54, 1.807) is 13.2 Å². The van der Waals surface area contributed by atoms with E-state index >= 15 is 0 Å². The summed E-state index contributed by atoms with van der Waals surface area (Å²) < 4.78 is 5.43. The summed E-state index contributed by atoms with van der Waals surface area (Å²) in [4.78, 5) is 11.3. The molecular weight excluding hydrogens is 212 g/mol. The number of rotatable bonds is 3. The van der Waals surface area contributed by atoms with Gasteiger partial charge in [-0.15, -0.1) is 0 Å². The summed E-state index contributed by atoms with van der Waals surface area (Å²) >= 11 is 0. The van der Waals surface area contributed by atoms with Crippen molar-refractivity contribution in [2.24, 2.45) is 0 Å². The van der Waals surface area contributed by atoms with Gasteiger partial charge in [-0.05, 0) is 25.0 Å². The number of hydrogen-bond donors (Lipinski definition) is 0. The molecule has 1 atom stereocenters. The molecular formula is C15H18O2. The van der Waals surface area contributed by atoms with Crippen LogP contribution in [0, 0.1) is 0 Å². The molecule has 0 N–H and O–H groups in total. The average Bonchev–Trinajstić information content (AvgIpc) is 2.40. The summed E-state index contributed by atoms with van der Waals surface area (Å²) in [5, 5.41) is 0. The molecule has 2 nitrogen and oxygen atoms in total. The third-order valence-corrected chi connectivity index (χ3v) is 3.68. The highest BCUT2D eigenvalue weighted by molar-refractivity contribution is 5.91. The van der Waals surface area contributed by atoms with Crippen LogP contribution in [0.15, 0.2) is 36.4 Å². The average molecular weight is 230 g/mol. The predicted octanol–water partition coefficient (Wildman–Crippen LogP) is 3.26. The van der Waals surface area contributed by atoms with E-state index in [0.29, 0.717) is 6.42 Å². The molecule has 1 aliphatic carbocycles. The lowest BCUT2D eigenvalue weighted by Crippen LogP contribution is -2.27. The number of ketones is 1. The van der Waals surface area contributed by atoms with E-state index < -0.39 is 0 Å². The SMILES string of the molecule is CC[C@]1(c2ccccc2OC)C=CC(=O)CC1. The Kier molecular flexibility index (Phi) is 3.32. The van der Waals surface area contributed by atoms with Crippen molar-refractivity contribution >= 4 is 5.78 Å². The first kappa shape index (κ1) is 11.9. The lowest BCUT2D eigenvalue weighted by molar-refractivity contribution is -0.115. The second kappa shape index (κ2) is 4.74. The number of hydrogen-bond acceptors (Lipinski definition) is 2. The fourth-order valence-corrected chi connectivity index (χ4v) is 2.53. The summed E-state index contributed by atoms with van der Waals surface area (Å²) in [5.74, 6) is 1.14. The van der Waals surface area contributed by atoms with Gasteiger partial charge >= 0.3 is 0 Å². The molecule has 0 amide bonds. The molecule has 1 aliphatic rings. The maximum atomic E-state index is 11.3. The van der Waals surface area contributed by atoms with Gasteiger partial charge in [0.15, 0.2) is 5.78 Å². The zero-order chi connectivity index (χ0) is 12.3. The van der Waals surface area contributed by atoms with E-state index in [9.17, 15) is 4.79 Å². The van der Waals surface area contributed by atoms with Gasteiger partial charge in [-0.1, -0.05) is 31.2 Å². The van der Waals surface area contributed by atoms with Crippen LogP contribution < -0.4 is 4.74 Å². The molecule has 0 aliphatic heterocycles. The lowest BCUT2D eigenvalue weighted by Gasteiger charge is -2.33. The fraction of sp³-hybridized carbons (Fsp3) is 0.400. The Hall–Kier alpha value is -1.57. The third kappa shape index (κ3) is 2.12. The lowest BCUT2D eigenvalue weighted by atomic mass is 9.71. The summed E-state index contributed by atoms with van der Waals surface area (Å²) in [5.41, 5.74) is 1.15. The van der Waals surface area contributed by atoms with Gasteiger partial charge in [0.05, 0.1) is 7.11 Å². The molecule has 17 heavy (non-hydrogen) atoms. The standard InChI is InChI=1S/C15H18O2/c1-3-15(10-8-12(16)9-11-15)13-6-4-5-7-14(13)17-2/h4-8,10H,3,9,11H2,1-2H3/t15-/m0/s1. The third-order valence-electron chi connectivity index (χ3n) is 3.68. The Bertz CT molecular complexity index is 448. The Morgan fingerprint density at radius 2 is 2.12 bits per heavy atom. The maximum Gasteiger partial charge on any atom is 0.155 e. The maximum absolute atomic E-state index is 11.3. The van der Waals surface area contributed by atoms with Crippen molar-refractivity contribution in [1.82, 2.24) is 0 Å². The first-order valence-electron chi connectivity index (χ1n) is 6.07. The van der Waals surface area contributed by atoms with Crippen LogP contribution in [0.2, 0.25) is 0 Å². The van der Waals surface area contributed by atoms with Gasteiger partial charge in [0, 0.05) is 17.4 Å². The van der Waals surface area contributed by atoms with Crippen LogP contribution in [0.25, 0.3) is 0 Å². The van der Waals surface area contributed by atoms with Gasteiger partial charge in [0.25, 0.3) is 0 Å². The first-order chi connectivity index (χ1) is 8.22. The van der Waals surface area contributed by atoms with Crippen molar-refractivity contribution in [3.05, 3.63) is 42.0 Å². The van der Waals surface area contributed by atoms with Gasteiger partial charge in [-0.25, -0.2) is 0 Å². The van der Waals surface area contributed by atoms with Crippen molar-refractivity contribution in [3.8, 4) is 5.75 Å². The van der Waals surface area contributed by atoms with E-state index in [1.165, 1.54) is 5.56 Å². The Balaban J connectivity index is 2.48. The van der Waals surface area contributed by atoms with Crippen LogP contribution in [-0.4, -0.2) is 12.9 Å². The minimum atomic E-state index is -0.0412. The quantitative estimate of drug-likeness (QED) is 0.796. The first-order valence-corrected chi connectivity index (χ1v) is 6.07. The zero-order valence-corrected chi connectivity index (χ0v) is 10.4. The molecule has 1 aromatic rings. The van der Waals surface area contributed by atoms with E-state index in [0.717, 1.165) is 18.6 Å². The molecule has 2 heteroatoms. The monoisotopic (exact) mass is 230 g/mol. The molecule has 0 fully saturated rings. The minimum Gasteiger partial charge on any atom is -0.496 e. The number of methoxy groups -OCH3 is 1. The second-order valence-corrected chi connectivity index (χ2v) is 4.51. The normalized spacial score (nSPS) is 23.8. The summed E-state index contributed by atoms with van der Waals surface area (Å²) in [6.45, 7) is 2.16. The topological polar surface area (TPSA) is 26.3 Å². The Labute approximate surface area is 102 Å². The molecule has 1 aromatic carbocycles. The largest absolute Gasteiger partial charge is 0.496 e. The van der Waals surface area contributed by atoms with Gasteiger partial charge in [0.1, 0.15) is 5.75 Å². The molecule has 0 bridgehead atoms. The smallest absolute Gasteiger partial charge is 0.155 e. The highest BCUT2D eigenvalue weighted by Crippen LogP contribution is 2.41. The minimum absolute atomic E-state index is 0.0412. The van der Waals surface area contributed by atoms with Crippen LogP contribution in [-0.2, 0) is 10.2 Å². The van der Waals surface area contributed by atoms with Crippen molar-refractivity contribution < 1.29 is 9.53 Å². The Morgan fingerprint density at radius 1 is 1.35 bits per heavy atom. The van der Waals surface area contributed by atoms with Crippen molar-refractivity contribution in [2.75, 3.05) is 7.11 Å². The van der Waals surface area contributed by atoms with Gasteiger partial charge in [0.2, 0.25) is 0 Å². The number of carbonyl (C=O) groups excluding carboxylic acids is 1. The number of carbonyl (C=O) groups is 1. The molecule has 0 aromatic heterocycles. The predicted molar refractivity (Wildman–Crippen MR) is 68.3 cm³/mol. The summed E-state index contributed by atoms with van der Waals surface area (Å²) in [6, 6.07) is 8.09. The number of benzene rings is 1.